The van der Waals surface area contributed by atoms with Crippen molar-refractivity contribution in [3.63, 3.8) is 0 Å². The molecule has 5 nitrogen and oxygen atoms in total. The third-order valence-corrected chi connectivity index (χ3v) is 4.81. The van der Waals surface area contributed by atoms with E-state index in [9.17, 15) is 0 Å². The Labute approximate surface area is 126 Å². The number of morpholine rings is 1. The van der Waals surface area contributed by atoms with E-state index in [1.165, 1.54) is 32.1 Å². The first-order chi connectivity index (χ1) is 10.3. The lowest BCUT2D eigenvalue weighted by Crippen LogP contribution is -2.49. The van der Waals surface area contributed by atoms with Gasteiger partial charge in [-0.25, -0.2) is 9.97 Å². The highest BCUT2D eigenvalue weighted by atomic mass is 16.5. The Morgan fingerprint density at radius 3 is 3.00 bits per heavy atom. The summed E-state index contributed by atoms with van der Waals surface area (Å²) in [5.74, 6) is 3.70. The number of rotatable bonds is 4. The van der Waals surface area contributed by atoms with Crippen molar-refractivity contribution in [2.24, 2.45) is 0 Å². The van der Waals surface area contributed by atoms with Crippen LogP contribution < -0.4 is 10.2 Å². The van der Waals surface area contributed by atoms with Crippen LogP contribution in [0.25, 0.3) is 0 Å². The summed E-state index contributed by atoms with van der Waals surface area (Å²) in [5, 5.41) is 3.36. The molecule has 1 N–H and O–H groups in total. The molecule has 1 saturated heterocycles. The van der Waals surface area contributed by atoms with Gasteiger partial charge >= 0.3 is 0 Å². The molecule has 2 unspecified atom stereocenters. The first-order valence-electron chi connectivity index (χ1n) is 8.36. The molecule has 4 rings (SSSR count). The smallest absolute Gasteiger partial charge is 0.136 e. The zero-order valence-corrected chi connectivity index (χ0v) is 12.7. The van der Waals surface area contributed by atoms with Gasteiger partial charge in [0.1, 0.15) is 17.5 Å². The Morgan fingerprint density at radius 2 is 2.19 bits per heavy atom. The molecule has 2 atom stereocenters. The number of aromatic nitrogens is 2. The highest BCUT2D eigenvalue weighted by Crippen LogP contribution is 2.40. The topological polar surface area (TPSA) is 50.3 Å². The third kappa shape index (κ3) is 2.59. The van der Waals surface area contributed by atoms with Crippen molar-refractivity contribution in [1.82, 2.24) is 9.97 Å². The molecular weight excluding hydrogens is 264 g/mol. The van der Waals surface area contributed by atoms with Crippen molar-refractivity contribution in [3.8, 4) is 0 Å². The summed E-state index contributed by atoms with van der Waals surface area (Å²) < 4.78 is 5.92. The predicted molar refractivity (Wildman–Crippen MR) is 82.9 cm³/mol. The van der Waals surface area contributed by atoms with Gasteiger partial charge < -0.3 is 15.0 Å². The van der Waals surface area contributed by atoms with E-state index in [1.54, 1.807) is 0 Å². The van der Waals surface area contributed by atoms with Gasteiger partial charge in [-0.15, -0.1) is 0 Å². The maximum absolute atomic E-state index is 5.92. The molecule has 2 saturated carbocycles. The van der Waals surface area contributed by atoms with Crippen LogP contribution in [0.5, 0.6) is 0 Å². The lowest BCUT2D eigenvalue weighted by atomic mass is 10.1. The van der Waals surface area contributed by atoms with Gasteiger partial charge in [0.15, 0.2) is 0 Å². The summed E-state index contributed by atoms with van der Waals surface area (Å²) in [6.07, 6.45) is 6.58. The molecule has 0 aromatic carbocycles. The van der Waals surface area contributed by atoms with E-state index >= 15 is 0 Å². The largest absolute Gasteiger partial charge is 0.374 e. The van der Waals surface area contributed by atoms with Gasteiger partial charge in [0.05, 0.1) is 18.8 Å². The second-order valence-electron chi connectivity index (χ2n) is 6.38. The van der Waals surface area contributed by atoms with E-state index in [4.69, 9.17) is 9.72 Å². The van der Waals surface area contributed by atoms with Crippen LogP contribution >= 0.6 is 0 Å². The van der Waals surface area contributed by atoms with Crippen LogP contribution in [0.1, 0.15) is 50.8 Å². The summed E-state index contributed by atoms with van der Waals surface area (Å²) in [6.45, 7) is 4.78. The van der Waals surface area contributed by atoms with Crippen LogP contribution in [0.15, 0.2) is 6.07 Å². The average molecular weight is 288 g/mol. The van der Waals surface area contributed by atoms with Crippen LogP contribution in [-0.4, -0.2) is 41.8 Å². The number of hydrogen-bond acceptors (Lipinski definition) is 5. The van der Waals surface area contributed by atoms with E-state index in [-0.39, 0.29) is 0 Å². The molecule has 3 aliphatic rings. The van der Waals surface area contributed by atoms with E-state index in [2.05, 4.69) is 28.2 Å². The minimum Gasteiger partial charge on any atom is -0.374 e. The summed E-state index contributed by atoms with van der Waals surface area (Å²) in [6, 6.07) is 2.63. The number of fused-ring (bicyclic) bond motifs is 1. The van der Waals surface area contributed by atoms with Gasteiger partial charge in [-0.3, -0.25) is 0 Å². The number of nitrogens with zero attached hydrogens (tertiary/aromatic N) is 3. The van der Waals surface area contributed by atoms with Gasteiger partial charge in [-0.2, -0.15) is 0 Å². The molecule has 114 valence electrons. The van der Waals surface area contributed by atoms with Crippen molar-refractivity contribution in [2.75, 3.05) is 29.9 Å². The molecule has 0 radical (unpaired) electrons. The van der Waals surface area contributed by atoms with Gasteiger partial charge in [-0.05, 0) is 39.0 Å². The Morgan fingerprint density at radius 1 is 1.29 bits per heavy atom. The molecule has 21 heavy (non-hydrogen) atoms. The quantitative estimate of drug-likeness (QED) is 0.922. The second-order valence-corrected chi connectivity index (χ2v) is 6.38. The average Bonchev–Trinajstić information content (AvgIpc) is 3.24. The maximum atomic E-state index is 5.92. The molecule has 2 heterocycles. The van der Waals surface area contributed by atoms with E-state index < -0.39 is 0 Å². The second kappa shape index (κ2) is 5.44. The Kier molecular flexibility index (Phi) is 3.45. The lowest BCUT2D eigenvalue weighted by molar-refractivity contribution is 0.0253. The van der Waals surface area contributed by atoms with Gasteiger partial charge in [0.25, 0.3) is 0 Å². The maximum Gasteiger partial charge on any atom is 0.136 e. The van der Waals surface area contributed by atoms with E-state index in [0.29, 0.717) is 18.1 Å². The van der Waals surface area contributed by atoms with Crippen LogP contribution in [0, 0.1) is 0 Å². The Bertz CT molecular complexity index is 517. The van der Waals surface area contributed by atoms with Gasteiger partial charge in [-0.1, -0.05) is 0 Å². The fourth-order valence-electron chi connectivity index (χ4n) is 3.61. The summed E-state index contributed by atoms with van der Waals surface area (Å²) in [7, 11) is 0. The van der Waals surface area contributed by atoms with Crippen molar-refractivity contribution in [2.45, 2.75) is 57.1 Å². The third-order valence-electron chi connectivity index (χ3n) is 4.81. The molecule has 2 aliphatic carbocycles. The normalized spacial score (nSPS) is 28.5. The van der Waals surface area contributed by atoms with Gasteiger partial charge in [0, 0.05) is 25.1 Å². The minimum atomic E-state index is 0.403. The van der Waals surface area contributed by atoms with Crippen molar-refractivity contribution < 1.29 is 4.74 Å². The van der Waals surface area contributed by atoms with Crippen LogP contribution in [0.2, 0.25) is 0 Å². The predicted octanol–water partition coefficient (Wildman–Crippen LogP) is 2.54. The highest BCUT2D eigenvalue weighted by Gasteiger charge is 2.37. The molecule has 0 amide bonds. The molecule has 5 heteroatoms. The Hall–Kier alpha value is -1.36. The standard InChI is InChI=1S/C16H24N4O/c1-2-17-14-10-15(19-16(18-14)11-6-7-11)20-8-9-21-13-5-3-4-12(13)20/h10-13H,2-9H2,1H3,(H,17,18,19). The SMILES string of the molecule is CCNc1cc(N2CCOC3CCCC32)nc(C2CC2)n1. The van der Waals surface area contributed by atoms with Gasteiger partial charge in [0.2, 0.25) is 0 Å². The zero-order chi connectivity index (χ0) is 14.2. The molecule has 3 fully saturated rings. The summed E-state index contributed by atoms with van der Waals surface area (Å²) >= 11 is 0. The van der Waals surface area contributed by atoms with Crippen molar-refractivity contribution >= 4 is 11.6 Å². The first kappa shape index (κ1) is 13.3. The lowest BCUT2D eigenvalue weighted by Gasteiger charge is -2.38. The minimum absolute atomic E-state index is 0.403. The van der Waals surface area contributed by atoms with Crippen LogP contribution in [0.3, 0.4) is 0 Å². The number of ether oxygens (including phenoxy) is 1. The monoisotopic (exact) mass is 288 g/mol. The van der Waals surface area contributed by atoms with Crippen LogP contribution in [0.4, 0.5) is 11.6 Å². The highest BCUT2D eigenvalue weighted by molar-refractivity contribution is 5.51. The fourth-order valence-corrected chi connectivity index (χ4v) is 3.61. The molecular formula is C16H24N4O. The number of anilines is 2. The Balaban J connectivity index is 1.65. The molecule has 0 spiro atoms. The van der Waals surface area contributed by atoms with Crippen molar-refractivity contribution in [1.29, 1.82) is 0 Å². The fraction of sp³-hybridized carbons (Fsp3) is 0.750. The molecule has 1 aromatic heterocycles. The van der Waals surface area contributed by atoms with E-state index in [1.807, 2.05) is 0 Å². The summed E-state index contributed by atoms with van der Waals surface area (Å²) in [4.78, 5) is 12.0. The summed E-state index contributed by atoms with van der Waals surface area (Å²) in [5.41, 5.74) is 0. The van der Waals surface area contributed by atoms with Crippen molar-refractivity contribution in [3.05, 3.63) is 11.9 Å². The molecule has 1 aromatic rings. The number of nitrogens with one attached hydrogen (secondary N) is 1. The van der Waals surface area contributed by atoms with Crippen LogP contribution in [-0.2, 0) is 4.74 Å². The number of hydrogen-bond donors (Lipinski definition) is 1. The first-order valence-corrected chi connectivity index (χ1v) is 8.36. The van der Waals surface area contributed by atoms with E-state index in [0.717, 1.165) is 37.2 Å². The zero-order valence-electron chi connectivity index (χ0n) is 12.7. The molecule has 0 bridgehead atoms. The molecule has 1 aliphatic heterocycles.